The number of hydrogen-bond donors (Lipinski definition) is 1. The fourth-order valence-corrected chi connectivity index (χ4v) is 3.21. The van der Waals surface area contributed by atoms with Crippen LogP contribution in [0.2, 0.25) is 0 Å². The summed E-state index contributed by atoms with van der Waals surface area (Å²) in [4.78, 5) is 0.274. The Kier molecular flexibility index (Phi) is 3.22. The van der Waals surface area contributed by atoms with E-state index in [9.17, 15) is 8.42 Å². The molecule has 2 N–H and O–H groups in total. The van der Waals surface area contributed by atoms with Crippen molar-refractivity contribution in [2.24, 2.45) is 0 Å². The van der Waals surface area contributed by atoms with Crippen molar-refractivity contribution in [1.29, 1.82) is 0 Å². The number of hydrogen-bond acceptors (Lipinski definition) is 3. The molecule has 0 spiro atoms. The van der Waals surface area contributed by atoms with Crippen molar-refractivity contribution in [2.75, 3.05) is 18.8 Å². The van der Waals surface area contributed by atoms with Gasteiger partial charge in [-0.1, -0.05) is 18.2 Å². The molecule has 0 amide bonds. The minimum atomic E-state index is -3.40. The van der Waals surface area contributed by atoms with Gasteiger partial charge in [-0.15, -0.1) is 0 Å². The fourth-order valence-electron chi connectivity index (χ4n) is 1.77. The smallest absolute Gasteiger partial charge is 0.243 e. The van der Waals surface area contributed by atoms with Crippen LogP contribution in [0.3, 0.4) is 0 Å². The summed E-state index contributed by atoms with van der Waals surface area (Å²) in [5, 5.41) is 0. The third-order valence-corrected chi connectivity index (χ3v) is 4.77. The number of aryl methyl sites for hydroxylation is 1. The van der Waals surface area contributed by atoms with Gasteiger partial charge in [0.05, 0.1) is 4.90 Å². The number of sulfonamides is 1. The Morgan fingerprint density at radius 1 is 1.29 bits per heavy atom. The van der Waals surface area contributed by atoms with Crippen molar-refractivity contribution >= 4 is 15.7 Å². The normalized spacial score (nSPS) is 17.2. The maximum absolute atomic E-state index is 12.3. The first-order valence-electron chi connectivity index (χ1n) is 5.53. The molecule has 2 rings (SSSR count). The molecule has 1 aromatic carbocycles. The minimum absolute atomic E-state index is 0.274. The highest BCUT2D eigenvalue weighted by Gasteiger charge is 2.24. The first-order chi connectivity index (χ1) is 8.01. The van der Waals surface area contributed by atoms with Crippen molar-refractivity contribution in [3.8, 4) is 0 Å². The molecule has 17 heavy (non-hydrogen) atoms. The lowest BCUT2D eigenvalue weighted by atomic mass is 10.2. The van der Waals surface area contributed by atoms with E-state index in [0.717, 1.165) is 12.0 Å². The number of anilines is 1. The molecule has 0 saturated carbocycles. The van der Waals surface area contributed by atoms with Crippen LogP contribution in [-0.2, 0) is 10.0 Å². The first kappa shape index (κ1) is 12.1. The minimum Gasteiger partial charge on any atom is -0.398 e. The summed E-state index contributed by atoms with van der Waals surface area (Å²) in [6.07, 6.45) is 4.63. The second-order valence-corrected chi connectivity index (χ2v) is 6.08. The predicted octanol–water partition coefficient (Wildman–Crippen LogP) is 1.53. The van der Waals surface area contributed by atoms with Crippen LogP contribution in [-0.4, -0.2) is 25.8 Å². The van der Waals surface area contributed by atoms with Gasteiger partial charge in [0.25, 0.3) is 0 Å². The van der Waals surface area contributed by atoms with Gasteiger partial charge < -0.3 is 5.73 Å². The topological polar surface area (TPSA) is 63.4 Å². The van der Waals surface area contributed by atoms with Gasteiger partial charge in [0.2, 0.25) is 10.0 Å². The predicted molar refractivity (Wildman–Crippen MR) is 68.1 cm³/mol. The molecule has 0 atom stereocenters. The van der Waals surface area contributed by atoms with Gasteiger partial charge in [-0.05, 0) is 31.0 Å². The van der Waals surface area contributed by atoms with Crippen LogP contribution in [0.15, 0.2) is 35.2 Å². The molecule has 0 aliphatic carbocycles. The second-order valence-electron chi connectivity index (χ2n) is 4.14. The molecule has 0 aromatic heterocycles. The van der Waals surface area contributed by atoms with Gasteiger partial charge in [-0.25, -0.2) is 8.42 Å². The largest absolute Gasteiger partial charge is 0.398 e. The lowest BCUT2D eigenvalue weighted by Crippen LogP contribution is -2.33. The number of benzene rings is 1. The summed E-state index contributed by atoms with van der Waals surface area (Å²) in [5.41, 5.74) is 7.15. The molecule has 0 unspecified atom stereocenters. The zero-order chi connectivity index (χ0) is 12.5. The summed E-state index contributed by atoms with van der Waals surface area (Å²) in [6, 6.07) is 4.88. The van der Waals surface area contributed by atoms with Crippen molar-refractivity contribution in [3.05, 3.63) is 35.9 Å². The molecule has 0 saturated heterocycles. The third kappa shape index (κ3) is 2.35. The van der Waals surface area contributed by atoms with Crippen molar-refractivity contribution in [2.45, 2.75) is 18.2 Å². The number of nitrogens with zero attached hydrogens (tertiary/aromatic N) is 1. The van der Waals surface area contributed by atoms with Gasteiger partial charge in [0.15, 0.2) is 0 Å². The van der Waals surface area contributed by atoms with E-state index in [1.165, 1.54) is 10.4 Å². The molecule has 92 valence electrons. The monoisotopic (exact) mass is 252 g/mol. The van der Waals surface area contributed by atoms with E-state index in [1.54, 1.807) is 12.1 Å². The Balaban J connectivity index is 2.37. The molecular formula is C12H16N2O2S. The summed E-state index contributed by atoms with van der Waals surface area (Å²) in [7, 11) is -3.40. The lowest BCUT2D eigenvalue weighted by Gasteiger charge is -2.23. The van der Waals surface area contributed by atoms with Crippen LogP contribution in [0, 0.1) is 6.92 Å². The quantitative estimate of drug-likeness (QED) is 0.641. The molecule has 5 heteroatoms. The average molecular weight is 252 g/mol. The van der Waals surface area contributed by atoms with Gasteiger partial charge >= 0.3 is 0 Å². The molecule has 1 aliphatic heterocycles. The van der Waals surface area contributed by atoms with E-state index >= 15 is 0 Å². The van der Waals surface area contributed by atoms with Crippen molar-refractivity contribution < 1.29 is 8.42 Å². The Hall–Kier alpha value is -1.33. The Bertz CT molecular complexity index is 550. The van der Waals surface area contributed by atoms with Crippen LogP contribution in [0.1, 0.15) is 12.0 Å². The van der Waals surface area contributed by atoms with E-state index < -0.39 is 10.0 Å². The van der Waals surface area contributed by atoms with Crippen LogP contribution in [0.25, 0.3) is 0 Å². The molecule has 0 fully saturated rings. The van der Waals surface area contributed by atoms with Gasteiger partial charge in [0, 0.05) is 18.8 Å². The standard InChI is InChI=1S/C12H16N2O2S/c1-10-5-6-11(9-12(10)13)17(15,16)14-7-3-2-4-8-14/h2-3,5-6,9H,4,7-8,13H2,1H3. The lowest BCUT2D eigenvalue weighted by molar-refractivity contribution is 0.437. The van der Waals surface area contributed by atoms with Crippen molar-refractivity contribution in [3.63, 3.8) is 0 Å². The SMILES string of the molecule is Cc1ccc(S(=O)(=O)N2CC=CCC2)cc1N. The van der Waals surface area contributed by atoms with E-state index in [1.807, 2.05) is 19.1 Å². The molecule has 0 radical (unpaired) electrons. The number of rotatable bonds is 2. The summed E-state index contributed by atoms with van der Waals surface area (Å²) < 4.78 is 26.0. The highest BCUT2D eigenvalue weighted by molar-refractivity contribution is 7.89. The third-order valence-electron chi connectivity index (χ3n) is 2.91. The molecule has 0 bridgehead atoms. The highest BCUT2D eigenvalue weighted by atomic mass is 32.2. The van der Waals surface area contributed by atoms with E-state index in [4.69, 9.17) is 5.73 Å². The summed E-state index contributed by atoms with van der Waals surface area (Å²) >= 11 is 0. The summed E-state index contributed by atoms with van der Waals surface area (Å²) in [5.74, 6) is 0. The zero-order valence-corrected chi connectivity index (χ0v) is 10.6. The van der Waals surface area contributed by atoms with Crippen LogP contribution in [0.4, 0.5) is 5.69 Å². The molecule has 1 aliphatic rings. The maximum atomic E-state index is 12.3. The van der Waals surface area contributed by atoms with Crippen molar-refractivity contribution in [1.82, 2.24) is 4.31 Å². The Morgan fingerprint density at radius 3 is 2.65 bits per heavy atom. The van der Waals surface area contributed by atoms with E-state index in [0.29, 0.717) is 18.8 Å². The fraction of sp³-hybridized carbons (Fsp3) is 0.333. The Morgan fingerprint density at radius 2 is 2.06 bits per heavy atom. The number of nitrogen functional groups attached to an aromatic ring is 1. The van der Waals surface area contributed by atoms with Gasteiger partial charge in [0.1, 0.15) is 0 Å². The van der Waals surface area contributed by atoms with Crippen LogP contribution in [0.5, 0.6) is 0 Å². The van der Waals surface area contributed by atoms with Crippen LogP contribution >= 0.6 is 0 Å². The Labute approximate surface area is 102 Å². The molecular weight excluding hydrogens is 236 g/mol. The van der Waals surface area contributed by atoms with E-state index in [-0.39, 0.29) is 4.90 Å². The molecule has 1 aromatic rings. The number of nitrogens with two attached hydrogens (primary N) is 1. The maximum Gasteiger partial charge on any atom is 0.243 e. The second kappa shape index (κ2) is 4.50. The average Bonchev–Trinajstić information content (AvgIpc) is 2.33. The first-order valence-corrected chi connectivity index (χ1v) is 6.97. The summed E-state index contributed by atoms with van der Waals surface area (Å²) in [6.45, 7) is 2.83. The highest BCUT2D eigenvalue weighted by Crippen LogP contribution is 2.21. The zero-order valence-electron chi connectivity index (χ0n) is 9.76. The molecule has 4 nitrogen and oxygen atoms in total. The van der Waals surface area contributed by atoms with Crippen LogP contribution < -0.4 is 5.73 Å². The van der Waals surface area contributed by atoms with Gasteiger partial charge in [-0.3, -0.25) is 0 Å². The van der Waals surface area contributed by atoms with Gasteiger partial charge in [-0.2, -0.15) is 4.31 Å². The molecule has 1 heterocycles. The van der Waals surface area contributed by atoms with E-state index in [2.05, 4.69) is 0 Å².